The molecule has 0 aromatic heterocycles. The fourth-order valence-corrected chi connectivity index (χ4v) is 2.27. The van der Waals surface area contributed by atoms with Gasteiger partial charge in [-0.25, -0.2) is 0 Å². The number of thioether (sulfide) groups is 1. The average molecular weight is 268 g/mol. The zero-order valence-corrected chi connectivity index (χ0v) is 11.5. The Hall–Kier alpha value is -1.20. The number of hydrogen-bond acceptors (Lipinski definition) is 4. The Morgan fingerprint density at radius 3 is 3.00 bits per heavy atom. The van der Waals surface area contributed by atoms with Crippen LogP contribution in [0, 0.1) is 0 Å². The summed E-state index contributed by atoms with van der Waals surface area (Å²) in [5, 5.41) is 2.83. The van der Waals surface area contributed by atoms with Crippen molar-refractivity contribution in [2.24, 2.45) is 0 Å². The van der Waals surface area contributed by atoms with Crippen LogP contribution in [0.4, 0.5) is 11.4 Å². The van der Waals surface area contributed by atoms with E-state index in [1.165, 1.54) is 0 Å². The normalized spacial score (nSPS) is 10.3. The van der Waals surface area contributed by atoms with Gasteiger partial charge < -0.3 is 15.8 Å². The zero-order valence-electron chi connectivity index (χ0n) is 10.6. The van der Waals surface area contributed by atoms with E-state index in [4.69, 9.17) is 10.5 Å². The van der Waals surface area contributed by atoms with E-state index >= 15 is 0 Å². The molecule has 0 aliphatic carbocycles. The highest BCUT2D eigenvalue weighted by Gasteiger charge is 2.02. The maximum Gasteiger partial charge on any atom is 0.225 e. The lowest BCUT2D eigenvalue weighted by Crippen LogP contribution is -2.12. The molecule has 1 aromatic rings. The topological polar surface area (TPSA) is 64.3 Å². The van der Waals surface area contributed by atoms with Gasteiger partial charge in [-0.1, -0.05) is 6.07 Å². The number of nitrogens with two attached hydrogens (primary N) is 1. The van der Waals surface area contributed by atoms with Gasteiger partial charge in [0.05, 0.1) is 0 Å². The van der Waals surface area contributed by atoms with Crippen molar-refractivity contribution in [3.8, 4) is 0 Å². The Balaban J connectivity index is 2.14. The van der Waals surface area contributed by atoms with Crippen molar-refractivity contribution >= 4 is 29.0 Å². The van der Waals surface area contributed by atoms with E-state index < -0.39 is 0 Å². The van der Waals surface area contributed by atoms with Gasteiger partial charge in [0.1, 0.15) is 0 Å². The van der Waals surface area contributed by atoms with Crippen LogP contribution in [-0.4, -0.2) is 31.1 Å². The van der Waals surface area contributed by atoms with Crippen LogP contribution < -0.4 is 11.1 Å². The molecule has 0 saturated carbocycles. The summed E-state index contributed by atoms with van der Waals surface area (Å²) < 4.78 is 4.96. The summed E-state index contributed by atoms with van der Waals surface area (Å²) in [6.45, 7) is 0.780. The van der Waals surface area contributed by atoms with Crippen molar-refractivity contribution in [2.45, 2.75) is 12.8 Å². The summed E-state index contributed by atoms with van der Waals surface area (Å²) in [7, 11) is 1.70. The quantitative estimate of drug-likeness (QED) is 0.561. The predicted octanol–water partition coefficient (Wildman–Crippen LogP) is 2.37. The Morgan fingerprint density at radius 2 is 2.28 bits per heavy atom. The van der Waals surface area contributed by atoms with Gasteiger partial charge >= 0.3 is 0 Å². The van der Waals surface area contributed by atoms with Gasteiger partial charge in [-0.15, -0.1) is 0 Å². The number of hydrogen-bond donors (Lipinski definition) is 2. The number of anilines is 2. The molecule has 1 rings (SSSR count). The molecule has 0 aliphatic heterocycles. The van der Waals surface area contributed by atoms with Crippen molar-refractivity contribution in [3.63, 3.8) is 0 Å². The van der Waals surface area contributed by atoms with E-state index in [2.05, 4.69) is 5.32 Å². The van der Waals surface area contributed by atoms with Crippen molar-refractivity contribution in [1.29, 1.82) is 0 Å². The van der Waals surface area contributed by atoms with Crippen molar-refractivity contribution in [2.75, 3.05) is 36.3 Å². The molecule has 0 bridgehead atoms. The van der Waals surface area contributed by atoms with Gasteiger partial charge in [-0.05, 0) is 30.4 Å². The summed E-state index contributed by atoms with van der Waals surface area (Å²) in [4.78, 5) is 11.6. The first kappa shape index (κ1) is 14.9. The van der Waals surface area contributed by atoms with E-state index in [9.17, 15) is 4.79 Å². The molecule has 3 N–H and O–H groups in total. The lowest BCUT2D eigenvalue weighted by molar-refractivity contribution is -0.115. The lowest BCUT2D eigenvalue weighted by atomic mass is 10.3. The molecule has 0 saturated heterocycles. The third-order valence-corrected chi connectivity index (χ3v) is 3.35. The highest BCUT2D eigenvalue weighted by Crippen LogP contribution is 2.12. The van der Waals surface area contributed by atoms with Crippen LogP contribution in [0.5, 0.6) is 0 Å². The van der Waals surface area contributed by atoms with Crippen LogP contribution in [0.25, 0.3) is 0 Å². The molecule has 1 aromatic carbocycles. The average Bonchev–Trinajstić information content (AvgIpc) is 2.33. The van der Waals surface area contributed by atoms with Gasteiger partial charge in [0.2, 0.25) is 5.91 Å². The Bertz CT molecular complexity index is 372. The number of nitrogens with one attached hydrogen (secondary N) is 1. The highest BCUT2D eigenvalue weighted by atomic mass is 32.2. The second kappa shape index (κ2) is 8.83. The third-order valence-electron chi connectivity index (χ3n) is 2.28. The minimum Gasteiger partial charge on any atom is -0.399 e. The van der Waals surface area contributed by atoms with Gasteiger partial charge in [-0.2, -0.15) is 11.8 Å². The monoisotopic (exact) mass is 268 g/mol. The van der Waals surface area contributed by atoms with Crippen LogP contribution in [-0.2, 0) is 9.53 Å². The first-order chi connectivity index (χ1) is 8.72. The number of ether oxygens (including phenoxy) is 1. The molecule has 1 amide bonds. The minimum atomic E-state index is 0.0276. The molecular formula is C13H20N2O2S. The standard InChI is InChI=1S/C13H20N2O2S/c1-17-7-3-8-18-9-6-13(16)15-12-5-2-4-11(14)10-12/h2,4-5,10H,3,6-9,14H2,1H3,(H,15,16). The van der Waals surface area contributed by atoms with E-state index in [0.717, 1.165) is 30.2 Å². The fraction of sp³-hybridized carbons (Fsp3) is 0.462. The number of nitrogen functional groups attached to an aromatic ring is 1. The van der Waals surface area contributed by atoms with E-state index in [1.807, 2.05) is 12.1 Å². The molecular weight excluding hydrogens is 248 g/mol. The van der Waals surface area contributed by atoms with Gasteiger partial charge in [0, 0.05) is 37.3 Å². The van der Waals surface area contributed by atoms with E-state index in [1.54, 1.807) is 31.0 Å². The van der Waals surface area contributed by atoms with Gasteiger partial charge in [-0.3, -0.25) is 4.79 Å². The molecule has 4 nitrogen and oxygen atoms in total. The first-order valence-electron chi connectivity index (χ1n) is 5.94. The maximum atomic E-state index is 11.6. The van der Waals surface area contributed by atoms with Crippen LogP contribution >= 0.6 is 11.8 Å². The summed E-state index contributed by atoms with van der Waals surface area (Å²) in [6, 6.07) is 7.20. The molecule has 0 fully saturated rings. The van der Waals surface area contributed by atoms with Crippen LogP contribution in [0.15, 0.2) is 24.3 Å². The molecule has 5 heteroatoms. The van der Waals surface area contributed by atoms with Crippen molar-refractivity contribution in [1.82, 2.24) is 0 Å². The summed E-state index contributed by atoms with van der Waals surface area (Å²) in [5.74, 6) is 1.89. The van der Waals surface area contributed by atoms with Crippen LogP contribution in [0.1, 0.15) is 12.8 Å². The molecule has 0 radical (unpaired) electrons. The maximum absolute atomic E-state index is 11.6. The predicted molar refractivity (Wildman–Crippen MR) is 77.9 cm³/mol. The second-order valence-electron chi connectivity index (χ2n) is 3.88. The first-order valence-corrected chi connectivity index (χ1v) is 7.10. The number of methoxy groups -OCH3 is 1. The van der Waals surface area contributed by atoms with E-state index in [-0.39, 0.29) is 5.91 Å². The van der Waals surface area contributed by atoms with Crippen molar-refractivity contribution < 1.29 is 9.53 Å². The van der Waals surface area contributed by atoms with Crippen LogP contribution in [0.2, 0.25) is 0 Å². The molecule has 100 valence electrons. The summed E-state index contributed by atoms with van der Waals surface area (Å²) in [5.41, 5.74) is 7.04. The second-order valence-corrected chi connectivity index (χ2v) is 5.11. The van der Waals surface area contributed by atoms with Gasteiger partial charge in [0.15, 0.2) is 0 Å². The summed E-state index contributed by atoms with van der Waals surface area (Å²) >= 11 is 1.77. The minimum absolute atomic E-state index is 0.0276. The smallest absolute Gasteiger partial charge is 0.225 e. The molecule has 0 unspecified atom stereocenters. The SMILES string of the molecule is COCCCSCCC(=O)Nc1cccc(N)c1. The largest absolute Gasteiger partial charge is 0.399 e. The number of carbonyl (C=O) groups excluding carboxylic acids is 1. The fourth-order valence-electron chi connectivity index (χ4n) is 1.41. The molecule has 0 atom stereocenters. The lowest BCUT2D eigenvalue weighted by Gasteiger charge is -2.05. The van der Waals surface area contributed by atoms with Gasteiger partial charge in [0.25, 0.3) is 0 Å². The zero-order chi connectivity index (χ0) is 13.2. The Labute approximate surface area is 112 Å². The molecule has 0 spiro atoms. The van der Waals surface area contributed by atoms with Crippen LogP contribution in [0.3, 0.4) is 0 Å². The Morgan fingerprint density at radius 1 is 1.44 bits per heavy atom. The van der Waals surface area contributed by atoms with E-state index in [0.29, 0.717) is 12.1 Å². The Kier molecular flexibility index (Phi) is 7.29. The number of rotatable bonds is 8. The third kappa shape index (κ3) is 6.51. The number of benzene rings is 1. The number of carbonyl (C=O) groups is 1. The molecule has 0 heterocycles. The molecule has 0 aliphatic rings. The highest BCUT2D eigenvalue weighted by molar-refractivity contribution is 7.99. The van der Waals surface area contributed by atoms with Crippen molar-refractivity contribution in [3.05, 3.63) is 24.3 Å². The molecule has 18 heavy (non-hydrogen) atoms. The number of amides is 1. The summed E-state index contributed by atoms with van der Waals surface area (Å²) in [6.07, 6.45) is 1.55.